The molecular weight excluding hydrogens is 447 g/mol. The topological polar surface area (TPSA) is 95.7 Å². The highest BCUT2D eigenvalue weighted by Crippen LogP contribution is 2.39. The summed E-state index contributed by atoms with van der Waals surface area (Å²) in [6.07, 6.45) is -4.60. The zero-order chi connectivity index (χ0) is 24.9. The van der Waals surface area contributed by atoms with Crippen molar-refractivity contribution in [2.75, 3.05) is 20.1 Å². The summed E-state index contributed by atoms with van der Waals surface area (Å²) in [5.74, 6) is -0.652. The minimum absolute atomic E-state index is 0.0770. The second-order valence-corrected chi connectivity index (χ2v) is 7.66. The van der Waals surface area contributed by atoms with E-state index in [1.165, 1.54) is 13.1 Å². The fourth-order valence-electron chi connectivity index (χ4n) is 3.62. The molecule has 34 heavy (non-hydrogen) atoms. The maximum absolute atomic E-state index is 13.6. The van der Waals surface area contributed by atoms with Crippen molar-refractivity contribution in [1.82, 2.24) is 15.2 Å². The molecule has 4 N–H and O–H groups in total. The van der Waals surface area contributed by atoms with Gasteiger partial charge < -0.3 is 15.5 Å². The van der Waals surface area contributed by atoms with Crippen molar-refractivity contribution in [3.63, 3.8) is 0 Å². The Labute approximate surface area is 195 Å². The van der Waals surface area contributed by atoms with Crippen LogP contribution in [0.1, 0.15) is 41.0 Å². The maximum atomic E-state index is 13.6. The van der Waals surface area contributed by atoms with Gasteiger partial charge in [0.25, 0.3) is 5.91 Å². The summed E-state index contributed by atoms with van der Waals surface area (Å²) in [5.41, 5.74) is 6.63. The smallest absolute Gasteiger partial charge is 0.417 e. The summed E-state index contributed by atoms with van der Waals surface area (Å²) in [6.45, 7) is 6.86. The Balaban J connectivity index is 1.95. The molecular formula is C24H28F3N5O2. The van der Waals surface area contributed by atoms with Crippen molar-refractivity contribution in [3.05, 3.63) is 64.8 Å². The lowest BCUT2D eigenvalue weighted by atomic mass is 10.1. The normalized spacial score (nSPS) is 12.4. The molecule has 0 fully saturated rings. The fraction of sp³-hybridized carbons (Fsp3) is 0.333. The number of carbonyl (C=O) groups is 1. The van der Waals surface area contributed by atoms with Crippen molar-refractivity contribution in [2.45, 2.75) is 33.2 Å². The average Bonchev–Trinajstić information content (AvgIpc) is 3.26. The Hall–Kier alpha value is -3.53. The molecule has 0 bridgehead atoms. The third-order valence-corrected chi connectivity index (χ3v) is 5.58. The van der Waals surface area contributed by atoms with Gasteiger partial charge in [0.2, 0.25) is 0 Å². The Morgan fingerprint density at radius 2 is 1.82 bits per heavy atom. The first-order chi connectivity index (χ1) is 16.2. The third-order valence-electron chi connectivity index (χ3n) is 5.58. The monoisotopic (exact) mass is 475 g/mol. The van der Waals surface area contributed by atoms with E-state index in [1.807, 2.05) is 24.3 Å². The van der Waals surface area contributed by atoms with Crippen molar-refractivity contribution < 1.29 is 22.7 Å². The van der Waals surface area contributed by atoms with E-state index in [2.05, 4.69) is 34.0 Å². The standard InChI is InChI=1S/C24H28F3N5O2/c1-4-32(5-2)13-15-8-6-7-9-16(15)14-34-20-11-10-18(24(25,26)27)17-12-19(30-21(17)20)22(33)31-23(28)29-3/h6-12,30H,4-5,13-14H2,1-3H3,(H3,28,29,31,33). The Bertz CT molecular complexity index is 1180. The zero-order valence-corrected chi connectivity index (χ0v) is 19.3. The van der Waals surface area contributed by atoms with Crippen molar-refractivity contribution in [2.24, 2.45) is 10.7 Å². The number of nitrogens with one attached hydrogen (secondary N) is 2. The third kappa shape index (κ3) is 5.69. The number of aromatic amines is 1. The van der Waals surface area contributed by atoms with E-state index in [4.69, 9.17) is 10.5 Å². The van der Waals surface area contributed by atoms with E-state index in [0.29, 0.717) is 0 Å². The predicted octanol–water partition coefficient (Wildman–Crippen LogP) is 4.28. The van der Waals surface area contributed by atoms with Gasteiger partial charge in [-0.15, -0.1) is 0 Å². The van der Waals surface area contributed by atoms with Crippen LogP contribution < -0.4 is 15.8 Å². The van der Waals surface area contributed by atoms with Crippen LogP contribution in [0.15, 0.2) is 47.5 Å². The number of halogens is 3. The van der Waals surface area contributed by atoms with Crippen LogP contribution in [-0.2, 0) is 19.3 Å². The number of H-pyrrole nitrogens is 1. The number of alkyl halides is 3. The first kappa shape index (κ1) is 25.1. The highest BCUT2D eigenvalue weighted by molar-refractivity contribution is 6.07. The first-order valence-electron chi connectivity index (χ1n) is 10.9. The first-order valence-corrected chi connectivity index (χ1v) is 10.9. The van der Waals surface area contributed by atoms with E-state index in [9.17, 15) is 18.0 Å². The van der Waals surface area contributed by atoms with Gasteiger partial charge in [-0.25, -0.2) is 0 Å². The number of nitrogens with two attached hydrogens (primary N) is 1. The van der Waals surface area contributed by atoms with Gasteiger partial charge in [0, 0.05) is 19.0 Å². The summed E-state index contributed by atoms with van der Waals surface area (Å²) in [4.78, 5) is 21.0. The molecule has 3 aromatic rings. The van der Waals surface area contributed by atoms with Gasteiger partial charge in [0.1, 0.15) is 18.1 Å². The summed E-state index contributed by atoms with van der Waals surface area (Å²) < 4.78 is 46.8. The highest BCUT2D eigenvalue weighted by Gasteiger charge is 2.34. The molecule has 1 amide bonds. The molecule has 0 atom stereocenters. The number of rotatable bonds is 8. The van der Waals surface area contributed by atoms with Gasteiger partial charge in [-0.3, -0.25) is 20.0 Å². The number of carbonyl (C=O) groups excluding carboxylic acids is 1. The van der Waals surface area contributed by atoms with Gasteiger partial charge in [0.15, 0.2) is 5.96 Å². The molecule has 0 saturated carbocycles. The molecule has 1 heterocycles. The number of guanidine groups is 1. The fourth-order valence-corrected chi connectivity index (χ4v) is 3.62. The lowest BCUT2D eigenvalue weighted by Gasteiger charge is -2.20. The van der Waals surface area contributed by atoms with E-state index < -0.39 is 17.6 Å². The van der Waals surface area contributed by atoms with Crippen molar-refractivity contribution in [3.8, 4) is 5.75 Å². The van der Waals surface area contributed by atoms with Gasteiger partial charge in [-0.2, -0.15) is 13.2 Å². The van der Waals surface area contributed by atoms with Crippen molar-refractivity contribution in [1.29, 1.82) is 0 Å². The Morgan fingerprint density at radius 3 is 2.44 bits per heavy atom. The number of nitrogens with zero attached hydrogens (tertiary/aromatic N) is 2. The predicted molar refractivity (Wildman–Crippen MR) is 126 cm³/mol. The summed E-state index contributed by atoms with van der Waals surface area (Å²) in [5, 5.41) is 2.14. The Kier molecular flexibility index (Phi) is 7.83. The van der Waals surface area contributed by atoms with Gasteiger partial charge >= 0.3 is 6.18 Å². The minimum atomic E-state index is -4.60. The molecule has 0 aliphatic carbocycles. The molecule has 0 radical (unpaired) electrons. The lowest BCUT2D eigenvalue weighted by molar-refractivity contribution is -0.136. The molecule has 0 spiro atoms. The van der Waals surface area contributed by atoms with E-state index in [-0.39, 0.29) is 34.9 Å². The SMILES string of the molecule is CCN(CC)Cc1ccccc1COc1ccc(C(F)(F)F)c2cc(C(=O)NC(N)=NC)[nH]c12. The van der Waals surface area contributed by atoms with Crippen LogP contribution in [-0.4, -0.2) is 41.9 Å². The summed E-state index contributed by atoms with van der Waals surface area (Å²) >= 11 is 0. The number of benzene rings is 2. The van der Waals surface area contributed by atoms with Crippen LogP contribution in [0.5, 0.6) is 5.75 Å². The largest absolute Gasteiger partial charge is 0.487 e. The van der Waals surface area contributed by atoms with E-state index in [0.717, 1.165) is 42.9 Å². The molecule has 7 nitrogen and oxygen atoms in total. The number of hydrogen-bond acceptors (Lipinski definition) is 4. The molecule has 3 rings (SSSR count). The van der Waals surface area contributed by atoms with Gasteiger partial charge in [-0.05, 0) is 42.4 Å². The number of fused-ring (bicyclic) bond motifs is 1. The van der Waals surface area contributed by atoms with Crippen LogP contribution in [0.4, 0.5) is 13.2 Å². The number of hydrogen-bond donors (Lipinski definition) is 3. The quantitative estimate of drug-likeness (QED) is 0.335. The molecule has 0 unspecified atom stereocenters. The van der Waals surface area contributed by atoms with E-state index >= 15 is 0 Å². The number of aromatic nitrogens is 1. The summed E-state index contributed by atoms with van der Waals surface area (Å²) in [6, 6.07) is 11.1. The molecule has 0 saturated heterocycles. The molecule has 2 aromatic carbocycles. The maximum Gasteiger partial charge on any atom is 0.417 e. The van der Waals surface area contributed by atoms with Crippen LogP contribution in [0, 0.1) is 0 Å². The van der Waals surface area contributed by atoms with Crippen LogP contribution in [0.3, 0.4) is 0 Å². The number of amides is 1. The summed E-state index contributed by atoms with van der Waals surface area (Å²) in [7, 11) is 1.38. The van der Waals surface area contributed by atoms with Crippen LogP contribution in [0.2, 0.25) is 0 Å². The minimum Gasteiger partial charge on any atom is -0.487 e. The molecule has 182 valence electrons. The average molecular weight is 476 g/mol. The van der Waals surface area contributed by atoms with E-state index in [1.54, 1.807) is 0 Å². The molecule has 10 heteroatoms. The molecule has 1 aromatic heterocycles. The van der Waals surface area contributed by atoms with Crippen LogP contribution in [0.25, 0.3) is 10.9 Å². The number of ether oxygens (including phenoxy) is 1. The zero-order valence-electron chi connectivity index (χ0n) is 19.3. The lowest BCUT2D eigenvalue weighted by Crippen LogP contribution is -2.36. The second-order valence-electron chi connectivity index (χ2n) is 7.66. The van der Waals surface area contributed by atoms with Crippen molar-refractivity contribution >= 4 is 22.8 Å². The van der Waals surface area contributed by atoms with Crippen LogP contribution >= 0.6 is 0 Å². The molecule has 0 aliphatic rings. The molecule has 0 aliphatic heterocycles. The number of aliphatic imine (C=N–C) groups is 1. The van der Waals surface area contributed by atoms with Gasteiger partial charge in [0.05, 0.1) is 11.1 Å². The Morgan fingerprint density at radius 1 is 1.15 bits per heavy atom. The van der Waals surface area contributed by atoms with Gasteiger partial charge in [-0.1, -0.05) is 38.1 Å². The highest BCUT2D eigenvalue weighted by atomic mass is 19.4. The second kappa shape index (κ2) is 10.6.